The van der Waals surface area contributed by atoms with Crippen molar-refractivity contribution in [3.63, 3.8) is 0 Å². The Morgan fingerprint density at radius 3 is 2.48 bits per heavy atom. The second-order valence-corrected chi connectivity index (χ2v) is 5.99. The Hall–Kier alpha value is -3.11. The van der Waals surface area contributed by atoms with Crippen LogP contribution in [0.25, 0.3) is 22.3 Å². The average molecular weight is 380 g/mol. The SMILES string of the molecule is COc1ccc(C(=O)Cc2ccncc2)c2cc(-c3ccccc3)oc12.Cl. The van der Waals surface area contributed by atoms with Gasteiger partial charge >= 0.3 is 0 Å². The van der Waals surface area contributed by atoms with Crippen LogP contribution in [-0.4, -0.2) is 17.9 Å². The Morgan fingerprint density at radius 1 is 1.04 bits per heavy atom. The fourth-order valence-corrected chi connectivity index (χ4v) is 3.03. The van der Waals surface area contributed by atoms with Crippen molar-refractivity contribution >= 4 is 29.2 Å². The summed E-state index contributed by atoms with van der Waals surface area (Å²) < 4.78 is 11.4. The Kier molecular flexibility index (Phi) is 5.57. The number of carbonyl (C=O) groups excluding carboxylic acids is 1. The molecule has 0 amide bonds. The summed E-state index contributed by atoms with van der Waals surface area (Å²) in [6.45, 7) is 0. The molecule has 0 aliphatic rings. The first kappa shape index (κ1) is 18.7. The molecule has 4 nitrogen and oxygen atoms in total. The molecule has 0 saturated carbocycles. The minimum Gasteiger partial charge on any atom is -0.493 e. The number of hydrogen-bond donors (Lipinski definition) is 0. The summed E-state index contributed by atoms with van der Waals surface area (Å²) in [5.74, 6) is 1.36. The smallest absolute Gasteiger partial charge is 0.177 e. The van der Waals surface area contributed by atoms with Crippen molar-refractivity contribution in [2.45, 2.75) is 6.42 Å². The highest BCUT2D eigenvalue weighted by atomic mass is 35.5. The molecule has 2 heterocycles. The minimum absolute atomic E-state index is 0. The zero-order valence-corrected chi connectivity index (χ0v) is 15.5. The maximum absolute atomic E-state index is 12.9. The number of methoxy groups -OCH3 is 1. The Balaban J connectivity index is 0.00000210. The Bertz CT molecular complexity index is 1060. The van der Waals surface area contributed by atoms with E-state index in [0.29, 0.717) is 29.1 Å². The summed E-state index contributed by atoms with van der Waals surface area (Å²) >= 11 is 0. The van der Waals surface area contributed by atoms with E-state index in [2.05, 4.69) is 4.98 Å². The lowest BCUT2D eigenvalue weighted by molar-refractivity contribution is 0.0994. The summed E-state index contributed by atoms with van der Waals surface area (Å²) in [5, 5.41) is 0.766. The zero-order chi connectivity index (χ0) is 17.9. The largest absolute Gasteiger partial charge is 0.493 e. The van der Waals surface area contributed by atoms with E-state index in [1.54, 1.807) is 31.6 Å². The van der Waals surface area contributed by atoms with E-state index in [1.165, 1.54) is 0 Å². The lowest BCUT2D eigenvalue weighted by atomic mass is 10.00. The van der Waals surface area contributed by atoms with Gasteiger partial charge in [0.1, 0.15) is 5.76 Å². The molecule has 0 fully saturated rings. The van der Waals surface area contributed by atoms with Crippen molar-refractivity contribution in [3.8, 4) is 17.1 Å². The number of ether oxygens (including phenoxy) is 1. The van der Waals surface area contributed by atoms with E-state index in [4.69, 9.17) is 9.15 Å². The first-order valence-electron chi connectivity index (χ1n) is 8.34. The van der Waals surface area contributed by atoms with E-state index in [-0.39, 0.29) is 18.2 Å². The van der Waals surface area contributed by atoms with Crippen molar-refractivity contribution < 1.29 is 13.9 Å². The zero-order valence-electron chi connectivity index (χ0n) is 14.7. The molecule has 0 bridgehead atoms. The standard InChI is InChI=1S/C22H17NO3.ClH/c1-25-20-8-7-17(19(24)13-15-9-11-23-12-10-15)18-14-21(26-22(18)20)16-5-3-2-4-6-16;/h2-12,14H,13H2,1H3;1H. The van der Waals surface area contributed by atoms with Gasteiger partial charge in [-0.15, -0.1) is 12.4 Å². The fourth-order valence-electron chi connectivity index (χ4n) is 3.03. The fraction of sp³-hybridized carbons (Fsp3) is 0.0909. The highest BCUT2D eigenvalue weighted by Crippen LogP contribution is 2.36. The number of nitrogens with zero attached hydrogens (tertiary/aromatic N) is 1. The second-order valence-electron chi connectivity index (χ2n) is 5.99. The molecule has 4 rings (SSSR count). The molecule has 0 radical (unpaired) electrons. The van der Waals surface area contributed by atoms with E-state index >= 15 is 0 Å². The van der Waals surface area contributed by atoms with E-state index in [0.717, 1.165) is 16.5 Å². The van der Waals surface area contributed by atoms with Gasteiger partial charge in [-0.3, -0.25) is 9.78 Å². The van der Waals surface area contributed by atoms with Gasteiger partial charge in [-0.05, 0) is 35.9 Å². The number of furan rings is 1. The minimum atomic E-state index is 0. The number of Topliss-reactive ketones (excluding diaryl/α,β-unsaturated/α-hetero) is 1. The third kappa shape index (κ3) is 3.71. The molecule has 0 spiro atoms. The Morgan fingerprint density at radius 2 is 1.78 bits per heavy atom. The van der Waals surface area contributed by atoms with Crippen LogP contribution in [-0.2, 0) is 6.42 Å². The number of aromatic nitrogens is 1. The molecule has 136 valence electrons. The quantitative estimate of drug-likeness (QED) is 0.438. The third-order valence-electron chi connectivity index (χ3n) is 4.34. The van der Waals surface area contributed by atoms with E-state index < -0.39 is 0 Å². The lowest BCUT2D eigenvalue weighted by Crippen LogP contribution is -2.04. The molecule has 27 heavy (non-hydrogen) atoms. The van der Waals surface area contributed by atoms with Crippen molar-refractivity contribution in [2.24, 2.45) is 0 Å². The molecule has 0 aliphatic heterocycles. The predicted molar refractivity (Wildman–Crippen MR) is 108 cm³/mol. The number of carbonyl (C=O) groups is 1. The number of benzene rings is 2. The summed E-state index contributed by atoms with van der Waals surface area (Å²) in [6.07, 6.45) is 3.70. The summed E-state index contributed by atoms with van der Waals surface area (Å²) in [7, 11) is 1.60. The van der Waals surface area contributed by atoms with Gasteiger partial charge in [-0.1, -0.05) is 30.3 Å². The summed E-state index contributed by atoms with van der Waals surface area (Å²) in [4.78, 5) is 16.9. The van der Waals surface area contributed by atoms with Crippen LogP contribution in [0.2, 0.25) is 0 Å². The number of ketones is 1. The summed E-state index contributed by atoms with van der Waals surface area (Å²) in [6, 6.07) is 19.0. The normalized spacial score (nSPS) is 10.4. The van der Waals surface area contributed by atoms with Crippen LogP contribution in [0.5, 0.6) is 5.75 Å². The monoisotopic (exact) mass is 379 g/mol. The van der Waals surface area contributed by atoms with Gasteiger partial charge in [0.2, 0.25) is 0 Å². The van der Waals surface area contributed by atoms with Gasteiger partial charge in [-0.2, -0.15) is 0 Å². The molecule has 0 aliphatic carbocycles. The molecule has 0 N–H and O–H groups in total. The number of rotatable bonds is 5. The molecular formula is C22H18ClNO3. The molecule has 5 heteroatoms. The summed E-state index contributed by atoms with van der Waals surface area (Å²) in [5.41, 5.74) is 3.11. The highest BCUT2D eigenvalue weighted by molar-refractivity contribution is 6.10. The Labute approximate surface area is 163 Å². The van der Waals surface area contributed by atoms with Crippen LogP contribution in [0.4, 0.5) is 0 Å². The van der Waals surface area contributed by atoms with E-state index in [1.807, 2.05) is 48.5 Å². The van der Waals surface area contributed by atoms with Crippen LogP contribution < -0.4 is 4.74 Å². The van der Waals surface area contributed by atoms with Gasteiger partial charge in [-0.25, -0.2) is 0 Å². The van der Waals surface area contributed by atoms with Crippen molar-refractivity contribution in [3.05, 3.63) is 84.2 Å². The van der Waals surface area contributed by atoms with Crippen LogP contribution >= 0.6 is 12.4 Å². The molecule has 0 atom stereocenters. The van der Waals surface area contributed by atoms with Crippen molar-refractivity contribution in [1.82, 2.24) is 4.98 Å². The lowest BCUT2D eigenvalue weighted by Gasteiger charge is -2.05. The second kappa shape index (κ2) is 8.06. The van der Waals surface area contributed by atoms with Gasteiger partial charge in [0.05, 0.1) is 7.11 Å². The van der Waals surface area contributed by atoms with Gasteiger partial charge in [0, 0.05) is 35.3 Å². The van der Waals surface area contributed by atoms with E-state index in [9.17, 15) is 4.79 Å². The first-order valence-corrected chi connectivity index (χ1v) is 8.34. The van der Waals surface area contributed by atoms with Crippen LogP contribution in [0, 0.1) is 0 Å². The maximum Gasteiger partial charge on any atom is 0.177 e. The first-order chi connectivity index (χ1) is 12.8. The number of fused-ring (bicyclic) bond motifs is 1. The molecule has 4 aromatic rings. The van der Waals surface area contributed by atoms with Crippen LogP contribution in [0.3, 0.4) is 0 Å². The predicted octanol–water partition coefficient (Wildman–Crippen LogP) is 5.35. The molecule has 0 saturated heterocycles. The van der Waals surface area contributed by atoms with Crippen molar-refractivity contribution in [1.29, 1.82) is 0 Å². The number of pyridine rings is 1. The van der Waals surface area contributed by atoms with Crippen molar-refractivity contribution in [2.75, 3.05) is 7.11 Å². The van der Waals surface area contributed by atoms with Crippen LogP contribution in [0.1, 0.15) is 15.9 Å². The van der Waals surface area contributed by atoms with Gasteiger partial charge in [0.15, 0.2) is 17.1 Å². The van der Waals surface area contributed by atoms with Gasteiger partial charge in [0.25, 0.3) is 0 Å². The molecule has 0 unspecified atom stereocenters. The molecular weight excluding hydrogens is 362 g/mol. The molecule has 2 aromatic heterocycles. The number of halogens is 1. The van der Waals surface area contributed by atoms with Gasteiger partial charge < -0.3 is 9.15 Å². The third-order valence-corrected chi connectivity index (χ3v) is 4.34. The molecule has 2 aromatic carbocycles. The number of hydrogen-bond acceptors (Lipinski definition) is 4. The van der Waals surface area contributed by atoms with Crippen LogP contribution in [0.15, 0.2) is 77.5 Å². The average Bonchev–Trinajstić information content (AvgIpc) is 3.14. The maximum atomic E-state index is 12.9. The topological polar surface area (TPSA) is 52.3 Å². The highest BCUT2D eigenvalue weighted by Gasteiger charge is 2.18.